The summed E-state index contributed by atoms with van der Waals surface area (Å²) >= 11 is 0. The van der Waals surface area contributed by atoms with E-state index in [1.165, 1.54) is 6.20 Å². The van der Waals surface area contributed by atoms with E-state index < -0.39 is 17.9 Å². The van der Waals surface area contributed by atoms with Gasteiger partial charge in [0.25, 0.3) is 5.91 Å². The third-order valence-corrected chi connectivity index (χ3v) is 4.71. The highest BCUT2D eigenvalue weighted by molar-refractivity contribution is 5.97. The Balaban J connectivity index is 1.63. The minimum atomic E-state index is -1.15. The Hall–Kier alpha value is -4.00. The Morgan fingerprint density at radius 3 is 2.48 bits per heavy atom. The molecule has 2 heterocycles. The van der Waals surface area contributed by atoms with Crippen LogP contribution < -0.4 is 5.32 Å². The third kappa shape index (κ3) is 3.58. The van der Waals surface area contributed by atoms with E-state index in [1.54, 1.807) is 41.9 Å². The number of carboxylic acids is 1. The minimum Gasteiger partial charge on any atom is -0.479 e. The zero-order valence-electron chi connectivity index (χ0n) is 15.6. The molecule has 0 saturated heterocycles. The summed E-state index contributed by atoms with van der Waals surface area (Å²) in [5, 5.41) is 17.4. The molecule has 144 valence electrons. The summed E-state index contributed by atoms with van der Waals surface area (Å²) in [6.45, 7) is 1.75. The fraction of sp³-hybridized carbons (Fsp3) is 0.0909. The van der Waals surface area contributed by atoms with Gasteiger partial charge in [-0.2, -0.15) is 5.10 Å². The molecular weight excluding hydrogens is 368 g/mol. The van der Waals surface area contributed by atoms with Gasteiger partial charge in [0.1, 0.15) is 0 Å². The Kier molecular flexibility index (Phi) is 4.78. The van der Waals surface area contributed by atoms with Gasteiger partial charge in [-0.1, -0.05) is 48.5 Å². The normalized spacial score (nSPS) is 11.9. The quantitative estimate of drug-likeness (QED) is 0.549. The molecule has 0 saturated carbocycles. The second kappa shape index (κ2) is 7.55. The summed E-state index contributed by atoms with van der Waals surface area (Å²) < 4.78 is 1.57. The smallest absolute Gasteiger partial charge is 0.330 e. The fourth-order valence-corrected chi connectivity index (χ4v) is 3.18. The maximum atomic E-state index is 12.8. The molecule has 1 unspecified atom stereocenters. The monoisotopic (exact) mass is 386 g/mol. The molecule has 7 heteroatoms. The van der Waals surface area contributed by atoms with Crippen LogP contribution in [-0.2, 0) is 4.79 Å². The number of carboxylic acid groups (broad SMARTS) is 1. The highest BCUT2D eigenvalue weighted by Gasteiger charge is 2.24. The van der Waals surface area contributed by atoms with Crippen LogP contribution in [0.5, 0.6) is 0 Å². The second-order valence-electron chi connectivity index (χ2n) is 6.57. The first kappa shape index (κ1) is 18.4. The van der Waals surface area contributed by atoms with Gasteiger partial charge in [0.15, 0.2) is 11.9 Å². The van der Waals surface area contributed by atoms with Crippen molar-refractivity contribution in [2.45, 2.75) is 13.0 Å². The third-order valence-electron chi connectivity index (χ3n) is 4.71. The predicted molar refractivity (Wildman–Crippen MR) is 108 cm³/mol. The van der Waals surface area contributed by atoms with Crippen molar-refractivity contribution in [2.75, 3.05) is 0 Å². The lowest BCUT2D eigenvalue weighted by atomic mass is 10.1. The first-order valence-corrected chi connectivity index (χ1v) is 9.04. The predicted octanol–water partition coefficient (Wildman–Crippen LogP) is 3.28. The molecule has 2 aromatic heterocycles. The number of nitrogens with zero attached hydrogens (tertiary/aromatic N) is 3. The molecule has 0 aliphatic carbocycles. The van der Waals surface area contributed by atoms with E-state index in [2.05, 4.69) is 15.4 Å². The van der Waals surface area contributed by atoms with Crippen molar-refractivity contribution in [3.05, 3.63) is 89.7 Å². The molecule has 2 aromatic carbocycles. The number of carbonyl (C=O) groups is 2. The van der Waals surface area contributed by atoms with Crippen LogP contribution in [0.1, 0.15) is 27.7 Å². The summed E-state index contributed by atoms with van der Waals surface area (Å²) in [4.78, 5) is 29.0. The number of rotatable bonds is 5. The number of carbonyl (C=O) groups excluding carboxylic acids is 1. The van der Waals surface area contributed by atoms with Gasteiger partial charge in [-0.3, -0.25) is 4.79 Å². The van der Waals surface area contributed by atoms with Crippen molar-refractivity contribution < 1.29 is 14.7 Å². The summed E-state index contributed by atoms with van der Waals surface area (Å²) in [5.41, 5.74) is 2.18. The number of hydrogen-bond donors (Lipinski definition) is 2. The van der Waals surface area contributed by atoms with Crippen LogP contribution in [0.2, 0.25) is 0 Å². The Morgan fingerprint density at radius 2 is 1.72 bits per heavy atom. The lowest BCUT2D eigenvalue weighted by Crippen LogP contribution is -2.34. The maximum absolute atomic E-state index is 12.8. The number of pyridine rings is 1. The second-order valence-corrected chi connectivity index (χ2v) is 6.57. The lowest BCUT2D eigenvalue weighted by Gasteiger charge is -2.14. The molecule has 0 aliphatic heterocycles. The number of benzene rings is 2. The van der Waals surface area contributed by atoms with Gasteiger partial charge in [0.05, 0.1) is 23.0 Å². The van der Waals surface area contributed by atoms with Crippen LogP contribution in [0.25, 0.3) is 16.7 Å². The topological polar surface area (TPSA) is 97.1 Å². The first-order chi connectivity index (χ1) is 14.0. The highest BCUT2D eigenvalue weighted by atomic mass is 16.4. The first-order valence-electron chi connectivity index (χ1n) is 9.04. The van der Waals surface area contributed by atoms with E-state index in [4.69, 9.17) is 0 Å². The average Bonchev–Trinajstić information content (AvgIpc) is 3.13. The van der Waals surface area contributed by atoms with Gasteiger partial charge in [0, 0.05) is 5.39 Å². The van der Waals surface area contributed by atoms with Crippen molar-refractivity contribution >= 4 is 22.8 Å². The van der Waals surface area contributed by atoms with Gasteiger partial charge in [-0.15, -0.1) is 0 Å². The number of nitrogens with one attached hydrogen (secondary N) is 1. The number of amides is 1. The molecule has 29 heavy (non-hydrogen) atoms. The number of aromatic nitrogens is 3. The molecule has 0 fully saturated rings. The molecular formula is C22H18N4O3. The average molecular weight is 386 g/mol. The van der Waals surface area contributed by atoms with E-state index >= 15 is 0 Å². The van der Waals surface area contributed by atoms with E-state index in [0.717, 1.165) is 10.9 Å². The van der Waals surface area contributed by atoms with Crippen molar-refractivity contribution in [3.63, 3.8) is 0 Å². The van der Waals surface area contributed by atoms with Crippen molar-refractivity contribution in [1.82, 2.24) is 20.1 Å². The molecule has 7 nitrogen and oxygen atoms in total. The SMILES string of the molecule is Cc1c(C(=O)NC(C(=O)O)c2ccccc2)cnn1-c1ccc2ccccc2n1. The summed E-state index contributed by atoms with van der Waals surface area (Å²) in [7, 11) is 0. The van der Waals surface area contributed by atoms with Gasteiger partial charge in [-0.05, 0) is 30.7 Å². The molecule has 0 spiro atoms. The van der Waals surface area contributed by atoms with Crippen molar-refractivity contribution in [3.8, 4) is 5.82 Å². The van der Waals surface area contributed by atoms with Gasteiger partial charge < -0.3 is 10.4 Å². The largest absolute Gasteiger partial charge is 0.479 e. The van der Waals surface area contributed by atoms with E-state index in [1.807, 2.05) is 36.4 Å². The van der Waals surface area contributed by atoms with Gasteiger partial charge in [0.2, 0.25) is 0 Å². The Labute approximate surface area is 166 Å². The number of fused-ring (bicyclic) bond motifs is 1. The maximum Gasteiger partial charge on any atom is 0.330 e. The van der Waals surface area contributed by atoms with E-state index in [-0.39, 0.29) is 0 Å². The zero-order chi connectivity index (χ0) is 20.4. The van der Waals surface area contributed by atoms with Crippen molar-refractivity contribution in [2.24, 2.45) is 0 Å². The standard InChI is InChI=1S/C22H18N4O3/c1-14-17(21(27)25-20(22(28)29)16-8-3-2-4-9-16)13-23-26(14)19-12-11-15-7-5-6-10-18(15)24-19/h2-13,20H,1H3,(H,25,27)(H,28,29). The Bertz CT molecular complexity index is 1200. The summed E-state index contributed by atoms with van der Waals surface area (Å²) in [6, 6.07) is 18.9. The van der Waals surface area contributed by atoms with Crippen LogP contribution in [0, 0.1) is 6.92 Å². The fourth-order valence-electron chi connectivity index (χ4n) is 3.18. The molecule has 4 rings (SSSR count). The lowest BCUT2D eigenvalue weighted by molar-refractivity contribution is -0.139. The number of aliphatic carboxylic acids is 1. The van der Waals surface area contributed by atoms with Crippen molar-refractivity contribution in [1.29, 1.82) is 0 Å². The zero-order valence-corrected chi connectivity index (χ0v) is 15.6. The van der Waals surface area contributed by atoms with E-state index in [9.17, 15) is 14.7 Å². The van der Waals surface area contributed by atoms with Gasteiger partial charge >= 0.3 is 5.97 Å². The van der Waals surface area contributed by atoms with Gasteiger partial charge in [-0.25, -0.2) is 14.5 Å². The molecule has 1 amide bonds. The number of hydrogen-bond acceptors (Lipinski definition) is 4. The molecule has 0 aliphatic rings. The molecule has 0 radical (unpaired) electrons. The molecule has 0 bridgehead atoms. The van der Waals surface area contributed by atoms with Crippen LogP contribution >= 0.6 is 0 Å². The van der Waals surface area contributed by atoms with Crippen LogP contribution in [0.3, 0.4) is 0 Å². The summed E-state index contributed by atoms with van der Waals surface area (Å²) in [6.07, 6.45) is 1.42. The Morgan fingerprint density at radius 1 is 1.00 bits per heavy atom. The molecule has 2 N–H and O–H groups in total. The minimum absolute atomic E-state index is 0.294. The van der Waals surface area contributed by atoms with Crippen LogP contribution in [0.15, 0.2) is 72.9 Å². The van der Waals surface area contributed by atoms with E-state index in [0.29, 0.717) is 22.6 Å². The molecule has 4 aromatic rings. The van der Waals surface area contributed by atoms with Crippen LogP contribution in [0.4, 0.5) is 0 Å². The molecule has 1 atom stereocenters. The van der Waals surface area contributed by atoms with Crippen LogP contribution in [-0.4, -0.2) is 31.7 Å². The highest BCUT2D eigenvalue weighted by Crippen LogP contribution is 2.19. The summed E-state index contributed by atoms with van der Waals surface area (Å²) in [5.74, 6) is -1.06. The number of para-hydroxylation sites is 1.